The topological polar surface area (TPSA) is 55.4 Å². The quantitative estimate of drug-likeness (QED) is 0.835. The molecule has 0 bridgehead atoms. The fourth-order valence-electron chi connectivity index (χ4n) is 1.94. The van der Waals surface area contributed by atoms with Crippen molar-refractivity contribution in [1.29, 1.82) is 0 Å². The Morgan fingerprint density at radius 1 is 1.09 bits per heavy atom. The number of sulfonamides is 1. The van der Waals surface area contributed by atoms with E-state index in [9.17, 15) is 12.8 Å². The summed E-state index contributed by atoms with van der Waals surface area (Å²) in [4.78, 5) is -0.121. The molecule has 0 saturated carbocycles. The van der Waals surface area contributed by atoms with Crippen LogP contribution in [0.15, 0.2) is 41.3 Å². The Morgan fingerprint density at radius 2 is 1.74 bits per heavy atom. The van der Waals surface area contributed by atoms with Crippen molar-refractivity contribution in [2.75, 3.05) is 13.7 Å². The Labute approximate surface area is 144 Å². The largest absolute Gasteiger partial charge is 0.495 e. The second-order valence-electron chi connectivity index (χ2n) is 4.67. The van der Waals surface area contributed by atoms with Gasteiger partial charge < -0.3 is 4.74 Å². The van der Waals surface area contributed by atoms with Gasteiger partial charge in [-0.05, 0) is 36.2 Å². The molecule has 2 aromatic carbocycles. The van der Waals surface area contributed by atoms with Crippen molar-refractivity contribution >= 4 is 33.2 Å². The van der Waals surface area contributed by atoms with Gasteiger partial charge >= 0.3 is 0 Å². The first-order valence-electron chi connectivity index (χ1n) is 6.61. The van der Waals surface area contributed by atoms with Crippen LogP contribution in [0.5, 0.6) is 5.75 Å². The van der Waals surface area contributed by atoms with Gasteiger partial charge in [-0.3, -0.25) is 0 Å². The van der Waals surface area contributed by atoms with Gasteiger partial charge in [0.15, 0.2) is 0 Å². The highest BCUT2D eigenvalue weighted by molar-refractivity contribution is 7.89. The van der Waals surface area contributed by atoms with Crippen LogP contribution >= 0.6 is 23.2 Å². The van der Waals surface area contributed by atoms with Crippen LogP contribution in [0, 0.1) is 5.82 Å². The van der Waals surface area contributed by atoms with Crippen molar-refractivity contribution in [1.82, 2.24) is 4.72 Å². The number of methoxy groups -OCH3 is 1. The van der Waals surface area contributed by atoms with Gasteiger partial charge in [0.25, 0.3) is 0 Å². The van der Waals surface area contributed by atoms with E-state index in [1.165, 1.54) is 31.4 Å². The first kappa shape index (κ1) is 18.0. The number of rotatable bonds is 6. The van der Waals surface area contributed by atoms with Gasteiger partial charge in [-0.25, -0.2) is 17.5 Å². The summed E-state index contributed by atoms with van der Waals surface area (Å²) in [6, 6.07) is 8.60. The van der Waals surface area contributed by atoms with Crippen molar-refractivity contribution in [3.8, 4) is 5.75 Å². The summed E-state index contributed by atoms with van der Waals surface area (Å²) in [6.45, 7) is 0.147. The fraction of sp³-hybridized carbons (Fsp3) is 0.200. The molecule has 2 rings (SSSR count). The Hall–Kier alpha value is -1.34. The minimum Gasteiger partial charge on any atom is -0.495 e. The number of hydrogen-bond acceptors (Lipinski definition) is 3. The van der Waals surface area contributed by atoms with Crippen LogP contribution in [0.3, 0.4) is 0 Å². The normalized spacial score (nSPS) is 11.5. The predicted molar refractivity (Wildman–Crippen MR) is 88.3 cm³/mol. The van der Waals surface area contributed by atoms with Gasteiger partial charge in [-0.2, -0.15) is 0 Å². The fourth-order valence-corrected chi connectivity index (χ4v) is 3.81. The highest BCUT2D eigenvalue weighted by Crippen LogP contribution is 2.36. The average Bonchev–Trinajstić information content (AvgIpc) is 2.51. The molecule has 0 unspecified atom stereocenters. The smallest absolute Gasteiger partial charge is 0.242 e. The van der Waals surface area contributed by atoms with Crippen LogP contribution in [0.2, 0.25) is 10.0 Å². The number of ether oxygens (including phenoxy) is 1. The molecule has 0 aliphatic rings. The van der Waals surface area contributed by atoms with Gasteiger partial charge in [0.05, 0.1) is 12.1 Å². The molecular weight excluding hydrogens is 364 g/mol. The third-order valence-electron chi connectivity index (χ3n) is 3.14. The molecule has 0 radical (unpaired) electrons. The predicted octanol–water partition coefficient (Wildman–Crippen LogP) is 3.66. The lowest BCUT2D eigenvalue weighted by Gasteiger charge is -2.11. The summed E-state index contributed by atoms with van der Waals surface area (Å²) in [5.41, 5.74) is 0.813. The molecule has 0 saturated heterocycles. The highest BCUT2D eigenvalue weighted by Gasteiger charge is 2.21. The number of halogens is 3. The minimum atomic E-state index is -3.81. The van der Waals surface area contributed by atoms with E-state index in [-0.39, 0.29) is 27.3 Å². The SMILES string of the molecule is COc1ccc(S(=O)(=O)NCCc2ccc(F)cc2)c(Cl)c1Cl. The van der Waals surface area contributed by atoms with E-state index < -0.39 is 10.0 Å². The van der Waals surface area contributed by atoms with E-state index >= 15 is 0 Å². The number of hydrogen-bond donors (Lipinski definition) is 1. The molecule has 4 nitrogen and oxygen atoms in total. The van der Waals surface area contributed by atoms with E-state index in [0.29, 0.717) is 12.2 Å². The maximum absolute atomic E-state index is 12.8. The maximum Gasteiger partial charge on any atom is 0.242 e. The van der Waals surface area contributed by atoms with Gasteiger partial charge in [0, 0.05) is 6.54 Å². The van der Waals surface area contributed by atoms with Gasteiger partial charge in [0.1, 0.15) is 21.5 Å². The Bertz CT molecular complexity index is 795. The Balaban J connectivity index is 2.10. The molecule has 0 spiro atoms. The summed E-state index contributed by atoms with van der Waals surface area (Å²) >= 11 is 12.0. The number of nitrogens with one attached hydrogen (secondary N) is 1. The van der Waals surface area contributed by atoms with Crippen molar-refractivity contribution in [3.05, 3.63) is 57.8 Å². The maximum atomic E-state index is 12.8. The summed E-state index contributed by atoms with van der Waals surface area (Å²) in [7, 11) is -2.40. The molecule has 0 aromatic heterocycles. The zero-order valence-electron chi connectivity index (χ0n) is 12.1. The Kier molecular flexibility index (Phi) is 5.86. The van der Waals surface area contributed by atoms with E-state index in [0.717, 1.165) is 5.56 Å². The van der Waals surface area contributed by atoms with Gasteiger partial charge in [-0.1, -0.05) is 35.3 Å². The lowest BCUT2D eigenvalue weighted by Crippen LogP contribution is -2.26. The first-order chi connectivity index (χ1) is 10.8. The summed E-state index contributed by atoms with van der Waals surface area (Å²) < 4.78 is 44.8. The summed E-state index contributed by atoms with van der Waals surface area (Å²) in [6.07, 6.45) is 0.418. The molecule has 124 valence electrons. The lowest BCUT2D eigenvalue weighted by atomic mass is 10.1. The highest BCUT2D eigenvalue weighted by atomic mass is 35.5. The van der Waals surface area contributed by atoms with Crippen molar-refractivity contribution in [2.24, 2.45) is 0 Å². The third-order valence-corrected chi connectivity index (χ3v) is 5.62. The average molecular weight is 378 g/mol. The molecule has 0 atom stereocenters. The van der Waals surface area contributed by atoms with Crippen LogP contribution in [-0.4, -0.2) is 22.1 Å². The van der Waals surface area contributed by atoms with E-state index in [4.69, 9.17) is 27.9 Å². The van der Waals surface area contributed by atoms with Crippen LogP contribution in [0.25, 0.3) is 0 Å². The molecule has 1 N–H and O–H groups in total. The monoisotopic (exact) mass is 377 g/mol. The zero-order chi connectivity index (χ0) is 17.0. The van der Waals surface area contributed by atoms with Gasteiger partial charge in [0.2, 0.25) is 10.0 Å². The van der Waals surface area contributed by atoms with Gasteiger partial charge in [-0.15, -0.1) is 0 Å². The van der Waals surface area contributed by atoms with Crippen LogP contribution in [0.4, 0.5) is 4.39 Å². The van der Waals surface area contributed by atoms with Crippen molar-refractivity contribution in [3.63, 3.8) is 0 Å². The molecule has 8 heteroatoms. The summed E-state index contributed by atoms with van der Waals surface area (Å²) in [5.74, 6) is -0.0454. The number of benzene rings is 2. The second-order valence-corrected chi connectivity index (χ2v) is 7.16. The molecule has 0 heterocycles. The molecular formula is C15H14Cl2FNO3S. The zero-order valence-corrected chi connectivity index (χ0v) is 14.5. The summed E-state index contributed by atoms with van der Waals surface area (Å²) in [5, 5.41) is -0.0594. The van der Waals surface area contributed by atoms with Crippen molar-refractivity contribution in [2.45, 2.75) is 11.3 Å². The lowest BCUT2D eigenvalue weighted by molar-refractivity contribution is 0.414. The Morgan fingerprint density at radius 3 is 2.35 bits per heavy atom. The molecule has 0 amide bonds. The second kappa shape index (κ2) is 7.49. The van der Waals surface area contributed by atoms with Crippen LogP contribution in [0.1, 0.15) is 5.56 Å². The first-order valence-corrected chi connectivity index (χ1v) is 8.85. The molecule has 0 aliphatic heterocycles. The molecule has 0 aliphatic carbocycles. The van der Waals surface area contributed by atoms with E-state index in [1.54, 1.807) is 12.1 Å². The molecule has 23 heavy (non-hydrogen) atoms. The van der Waals surface area contributed by atoms with Crippen molar-refractivity contribution < 1.29 is 17.5 Å². The molecule has 2 aromatic rings. The van der Waals surface area contributed by atoms with E-state index in [2.05, 4.69) is 4.72 Å². The van der Waals surface area contributed by atoms with Crippen LogP contribution in [-0.2, 0) is 16.4 Å². The van der Waals surface area contributed by atoms with E-state index in [1.807, 2.05) is 0 Å². The van der Waals surface area contributed by atoms with Crippen LogP contribution < -0.4 is 9.46 Å². The third kappa shape index (κ3) is 4.35. The minimum absolute atomic E-state index is 0.0376. The molecule has 0 fully saturated rings. The standard InChI is InChI=1S/C15H14Cl2FNO3S/c1-22-12-6-7-13(15(17)14(12)16)23(20,21)19-9-8-10-2-4-11(18)5-3-10/h2-7,19H,8-9H2,1H3.